The largest absolute Gasteiger partial charge is 0.342 e. The summed E-state index contributed by atoms with van der Waals surface area (Å²) in [5, 5.41) is 3.29. The van der Waals surface area contributed by atoms with E-state index in [9.17, 15) is 4.79 Å². The van der Waals surface area contributed by atoms with E-state index < -0.39 is 0 Å². The highest BCUT2D eigenvalue weighted by Crippen LogP contribution is 2.27. The summed E-state index contributed by atoms with van der Waals surface area (Å²) in [6.45, 7) is 1.92. The second kappa shape index (κ2) is 6.45. The number of nitrogens with one attached hydrogen (secondary N) is 1. The first-order valence-electron chi connectivity index (χ1n) is 6.27. The standard InChI is InChI=1S/C12H22N2O.ClH/c1-13-11-6-8-14(9-7-11)12(15)10-4-2-3-5-10;/h10-11,13H,2-9H2,1H3;1H. The van der Waals surface area contributed by atoms with Gasteiger partial charge in [-0.05, 0) is 32.7 Å². The molecule has 0 bridgehead atoms. The average molecular weight is 247 g/mol. The van der Waals surface area contributed by atoms with Gasteiger partial charge in [0.05, 0.1) is 0 Å². The SMILES string of the molecule is CNC1CCN(C(=O)C2CCCC2)CC1.Cl. The molecule has 1 saturated carbocycles. The van der Waals surface area contributed by atoms with E-state index >= 15 is 0 Å². The number of likely N-dealkylation sites (tertiary alicyclic amines) is 1. The van der Waals surface area contributed by atoms with E-state index in [4.69, 9.17) is 0 Å². The molecule has 1 aliphatic heterocycles. The molecule has 1 amide bonds. The smallest absolute Gasteiger partial charge is 0.225 e. The third-order valence-corrected chi connectivity index (χ3v) is 3.92. The van der Waals surface area contributed by atoms with E-state index in [0.29, 0.717) is 17.9 Å². The molecule has 1 aliphatic carbocycles. The first-order valence-corrected chi connectivity index (χ1v) is 6.27. The lowest BCUT2D eigenvalue weighted by atomic mass is 10.0. The molecule has 94 valence electrons. The molecular weight excluding hydrogens is 224 g/mol. The Kier molecular flexibility index (Phi) is 5.56. The maximum Gasteiger partial charge on any atom is 0.225 e. The van der Waals surface area contributed by atoms with Crippen molar-refractivity contribution in [1.82, 2.24) is 10.2 Å². The normalized spacial score (nSPS) is 23.2. The van der Waals surface area contributed by atoms with Crippen molar-refractivity contribution in [3.8, 4) is 0 Å². The van der Waals surface area contributed by atoms with E-state index in [2.05, 4.69) is 10.2 Å². The van der Waals surface area contributed by atoms with Crippen molar-refractivity contribution < 1.29 is 4.79 Å². The van der Waals surface area contributed by atoms with Crippen molar-refractivity contribution in [3.63, 3.8) is 0 Å². The molecular formula is C12H23ClN2O. The summed E-state index contributed by atoms with van der Waals surface area (Å²) < 4.78 is 0. The highest BCUT2D eigenvalue weighted by atomic mass is 35.5. The van der Waals surface area contributed by atoms with E-state index in [1.165, 1.54) is 12.8 Å². The summed E-state index contributed by atoms with van der Waals surface area (Å²) >= 11 is 0. The minimum absolute atomic E-state index is 0. The molecule has 0 spiro atoms. The molecule has 1 N–H and O–H groups in total. The Bertz CT molecular complexity index is 221. The second-order valence-electron chi connectivity index (χ2n) is 4.87. The first kappa shape index (κ1) is 13.8. The number of carbonyl (C=O) groups is 1. The molecule has 1 heterocycles. The van der Waals surface area contributed by atoms with Gasteiger partial charge in [0.2, 0.25) is 5.91 Å². The van der Waals surface area contributed by atoms with E-state index in [1.807, 2.05) is 7.05 Å². The molecule has 0 aromatic rings. The predicted octanol–water partition coefficient (Wildman–Crippen LogP) is 1.81. The lowest BCUT2D eigenvalue weighted by molar-refractivity contribution is -0.136. The Labute approximate surface area is 104 Å². The molecule has 3 nitrogen and oxygen atoms in total. The van der Waals surface area contributed by atoms with Gasteiger partial charge in [-0.25, -0.2) is 0 Å². The molecule has 4 heteroatoms. The van der Waals surface area contributed by atoms with Crippen molar-refractivity contribution >= 4 is 18.3 Å². The Hall–Kier alpha value is -0.280. The van der Waals surface area contributed by atoms with Gasteiger partial charge in [0.25, 0.3) is 0 Å². The third-order valence-electron chi connectivity index (χ3n) is 3.92. The fourth-order valence-corrected chi connectivity index (χ4v) is 2.82. The van der Waals surface area contributed by atoms with Crippen LogP contribution in [0.3, 0.4) is 0 Å². The molecule has 2 aliphatic rings. The number of nitrogens with zero attached hydrogens (tertiary/aromatic N) is 1. The Morgan fingerprint density at radius 1 is 1.12 bits per heavy atom. The van der Waals surface area contributed by atoms with Gasteiger partial charge >= 0.3 is 0 Å². The summed E-state index contributed by atoms with van der Waals surface area (Å²) in [7, 11) is 2.01. The van der Waals surface area contributed by atoms with Crippen molar-refractivity contribution in [2.45, 2.75) is 44.6 Å². The summed E-state index contributed by atoms with van der Waals surface area (Å²) in [6, 6.07) is 0.623. The topological polar surface area (TPSA) is 32.3 Å². The fraction of sp³-hybridized carbons (Fsp3) is 0.917. The van der Waals surface area contributed by atoms with Crippen LogP contribution in [0.25, 0.3) is 0 Å². The number of hydrogen-bond acceptors (Lipinski definition) is 2. The van der Waals surface area contributed by atoms with Crippen LogP contribution >= 0.6 is 12.4 Å². The van der Waals surface area contributed by atoms with Crippen LogP contribution in [0.5, 0.6) is 0 Å². The van der Waals surface area contributed by atoms with E-state index in [1.54, 1.807) is 0 Å². The van der Waals surface area contributed by atoms with Crippen LogP contribution in [0.1, 0.15) is 38.5 Å². The average Bonchev–Trinajstić information content (AvgIpc) is 2.82. The van der Waals surface area contributed by atoms with Gasteiger partial charge in [0.15, 0.2) is 0 Å². The summed E-state index contributed by atoms with van der Waals surface area (Å²) in [5.41, 5.74) is 0. The van der Waals surface area contributed by atoms with Gasteiger partial charge in [-0.1, -0.05) is 12.8 Å². The molecule has 0 atom stereocenters. The minimum Gasteiger partial charge on any atom is -0.342 e. The number of rotatable bonds is 2. The fourth-order valence-electron chi connectivity index (χ4n) is 2.82. The van der Waals surface area contributed by atoms with Crippen molar-refractivity contribution in [2.24, 2.45) is 5.92 Å². The lowest BCUT2D eigenvalue weighted by Crippen LogP contribution is -2.45. The van der Waals surface area contributed by atoms with Crippen LogP contribution in [-0.4, -0.2) is 37.0 Å². The number of amides is 1. The van der Waals surface area contributed by atoms with Crippen molar-refractivity contribution in [3.05, 3.63) is 0 Å². The summed E-state index contributed by atoms with van der Waals surface area (Å²) in [4.78, 5) is 14.2. The third kappa shape index (κ3) is 3.11. The highest BCUT2D eigenvalue weighted by Gasteiger charge is 2.29. The first-order chi connectivity index (χ1) is 7.31. The van der Waals surface area contributed by atoms with Crippen LogP contribution in [-0.2, 0) is 4.79 Å². The Morgan fingerprint density at radius 3 is 2.19 bits per heavy atom. The molecule has 1 saturated heterocycles. The lowest BCUT2D eigenvalue weighted by Gasteiger charge is -2.33. The van der Waals surface area contributed by atoms with E-state index in [0.717, 1.165) is 38.8 Å². The van der Waals surface area contributed by atoms with Crippen LogP contribution in [0.2, 0.25) is 0 Å². The maximum atomic E-state index is 12.1. The van der Waals surface area contributed by atoms with E-state index in [-0.39, 0.29) is 12.4 Å². The summed E-state index contributed by atoms with van der Waals surface area (Å²) in [6.07, 6.45) is 7.01. The summed E-state index contributed by atoms with van der Waals surface area (Å²) in [5.74, 6) is 0.790. The second-order valence-corrected chi connectivity index (χ2v) is 4.87. The Balaban J connectivity index is 0.00000128. The van der Waals surface area contributed by atoms with Gasteiger partial charge in [-0.15, -0.1) is 12.4 Å². The molecule has 2 rings (SSSR count). The number of halogens is 1. The van der Waals surface area contributed by atoms with Crippen LogP contribution in [0.4, 0.5) is 0 Å². The molecule has 0 radical (unpaired) electrons. The van der Waals surface area contributed by atoms with Crippen molar-refractivity contribution in [2.75, 3.05) is 20.1 Å². The molecule has 0 unspecified atom stereocenters. The Morgan fingerprint density at radius 2 is 1.69 bits per heavy atom. The number of hydrogen-bond donors (Lipinski definition) is 1. The molecule has 0 aromatic heterocycles. The molecule has 0 aromatic carbocycles. The van der Waals surface area contributed by atoms with Crippen molar-refractivity contribution in [1.29, 1.82) is 0 Å². The number of piperidine rings is 1. The van der Waals surface area contributed by atoms with Crippen LogP contribution in [0, 0.1) is 5.92 Å². The quantitative estimate of drug-likeness (QED) is 0.806. The number of carbonyl (C=O) groups excluding carboxylic acids is 1. The maximum absolute atomic E-state index is 12.1. The monoisotopic (exact) mass is 246 g/mol. The molecule has 16 heavy (non-hydrogen) atoms. The van der Waals surface area contributed by atoms with Gasteiger partial charge in [0.1, 0.15) is 0 Å². The molecule has 2 fully saturated rings. The minimum atomic E-state index is 0. The zero-order chi connectivity index (χ0) is 10.7. The highest BCUT2D eigenvalue weighted by molar-refractivity contribution is 5.85. The predicted molar refractivity (Wildman–Crippen MR) is 67.9 cm³/mol. The van der Waals surface area contributed by atoms with Gasteiger partial charge < -0.3 is 10.2 Å². The van der Waals surface area contributed by atoms with Crippen LogP contribution < -0.4 is 5.32 Å². The van der Waals surface area contributed by atoms with Crippen LogP contribution in [0.15, 0.2) is 0 Å². The zero-order valence-electron chi connectivity index (χ0n) is 10.1. The van der Waals surface area contributed by atoms with Gasteiger partial charge in [0, 0.05) is 25.0 Å². The van der Waals surface area contributed by atoms with Gasteiger partial charge in [-0.3, -0.25) is 4.79 Å². The zero-order valence-corrected chi connectivity index (χ0v) is 10.9. The van der Waals surface area contributed by atoms with Gasteiger partial charge in [-0.2, -0.15) is 0 Å².